The van der Waals surface area contributed by atoms with Crippen LogP contribution in [0.4, 0.5) is 0 Å². The van der Waals surface area contributed by atoms with Gasteiger partial charge in [0.05, 0.1) is 17.8 Å². The molecule has 3 heterocycles. The van der Waals surface area contributed by atoms with E-state index in [0.29, 0.717) is 24.5 Å². The maximum Gasteiger partial charge on any atom is 0.255 e. The highest BCUT2D eigenvalue weighted by Gasteiger charge is 2.26. The number of aromatic amines is 1. The maximum atomic E-state index is 12.5. The van der Waals surface area contributed by atoms with Gasteiger partial charge in [0.2, 0.25) is 11.4 Å². The van der Waals surface area contributed by atoms with Crippen LogP contribution in [0.15, 0.2) is 35.3 Å². The van der Waals surface area contributed by atoms with E-state index in [2.05, 4.69) is 15.2 Å². The van der Waals surface area contributed by atoms with Gasteiger partial charge in [-0.05, 0) is 31.9 Å². The van der Waals surface area contributed by atoms with Crippen LogP contribution in [-0.4, -0.2) is 45.2 Å². The minimum atomic E-state index is -0.223. The van der Waals surface area contributed by atoms with Gasteiger partial charge in [-0.25, -0.2) is 0 Å². The number of ether oxygens (including phenoxy) is 1. The Labute approximate surface area is 133 Å². The van der Waals surface area contributed by atoms with E-state index in [1.165, 1.54) is 18.3 Å². The van der Waals surface area contributed by atoms with Gasteiger partial charge in [-0.15, -0.1) is 5.10 Å². The van der Waals surface area contributed by atoms with Crippen LogP contribution < -0.4 is 10.3 Å². The van der Waals surface area contributed by atoms with Crippen molar-refractivity contribution in [2.45, 2.75) is 25.9 Å². The Morgan fingerprint density at radius 1 is 1.30 bits per heavy atom. The predicted octanol–water partition coefficient (Wildman–Crippen LogP) is 1.16. The number of likely N-dealkylation sites (tertiary alicyclic amines) is 1. The quantitative estimate of drug-likeness (QED) is 0.918. The van der Waals surface area contributed by atoms with Crippen LogP contribution in [0.25, 0.3) is 0 Å². The molecule has 0 aromatic carbocycles. The molecule has 0 unspecified atom stereocenters. The van der Waals surface area contributed by atoms with Crippen molar-refractivity contribution < 1.29 is 9.53 Å². The number of amides is 1. The average Bonchev–Trinajstić information content (AvgIpc) is 2.57. The summed E-state index contributed by atoms with van der Waals surface area (Å²) in [7, 11) is 0. The van der Waals surface area contributed by atoms with Crippen LogP contribution in [0.5, 0.6) is 5.88 Å². The van der Waals surface area contributed by atoms with Gasteiger partial charge in [0.15, 0.2) is 0 Å². The van der Waals surface area contributed by atoms with Crippen molar-refractivity contribution in [1.82, 2.24) is 20.1 Å². The van der Waals surface area contributed by atoms with Crippen molar-refractivity contribution in [3.05, 3.63) is 52.1 Å². The zero-order valence-electron chi connectivity index (χ0n) is 12.9. The Kier molecular flexibility index (Phi) is 4.36. The first-order chi connectivity index (χ1) is 11.1. The summed E-state index contributed by atoms with van der Waals surface area (Å²) in [6.45, 7) is 3.03. The molecular formula is C16H18N4O3. The second-order valence-corrected chi connectivity index (χ2v) is 5.59. The van der Waals surface area contributed by atoms with Crippen molar-refractivity contribution in [3.63, 3.8) is 0 Å². The third kappa shape index (κ3) is 3.74. The summed E-state index contributed by atoms with van der Waals surface area (Å²) in [5, 5.41) is 7.96. The lowest BCUT2D eigenvalue weighted by atomic mass is 10.1. The first kappa shape index (κ1) is 15.2. The van der Waals surface area contributed by atoms with E-state index in [9.17, 15) is 9.59 Å². The number of piperidine rings is 1. The third-order valence-electron chi connectivity index (χ3n) is 3.76. The summed E-state index contributed by atoms with van der Waals surface area (Å²) in [6.07, 6.45) is 3.07. The van der Waals surface area contributed by atoms with Crippen molar-refractivity contribution >= 4 is 5.91 Å². The first-order valence-electron chi connectivity index (χ1n) is 7.57. The summed E-state index contributed by atoms with van der Waals surface area (Å²) >= 11 is 0. The molecule has 1 N–H and O–H groups in total. The molecule has 1 saturated heterocycles. The molecule has 0 bridgehead atoms. The number of nitrogens with one attached hydrogen (secondary N) is 1. The van der Waals surface area contributed by atoms with Crippen LogP contribution in [0.2, 0.25) is 0 Å². The fourth-order valence-corrected chi connectivity index (χ4v) is 2.57. The fraction of sp³-hybridized carbons (Fsp3) is 0.375. The monoisotopic (exact) mass is 314 g/mol. The second-order valence-electron chi connectivity index (χ2n) is 5.59. The Morgan fingerprint density at radius 3 is 2.87 bits per heavy atom. The molecule has 7 heteroatoms. The van der Waals surface area contributed by atoms with Crippen LogP contribution >= 0.6 is 0 Å². The number of aryl methyl sites for hydroxylation is 1. The summed E-state index contributed by atoms with van der Waals surface area (Å²) in [5.41, 5.74) is 1.08. The lowest BCUT2D eigenvalue weighted by Crippen LogP contribution is -2.44. The van der Waals surface area contributed by atoms with E-state index in [-0.39, 0.29) is 17.6 Å². The summed E-state index contributed by atoms with van der Waals surface area (Å²) in [4.78, 5) is 27.8. The van der Waals surface area contributed by atoms with Gasteiger partial charge >= 0.3 is 0 Å². The number of H-pyrrole nitrogens is 1. The molecule has 1 atom stereocenters. The van der Waals surface area contributed by atoms with E-state index >= 15 is 0 Å². The lowest BCUT2D eigenvalue weighted by molar-refractivity contribution is 0.0525. The molecule has 2 aromatic heterocycles. The number of rotatable bonds is 3. The number of hydrogen-bond donors (Lipinski definition) is 1. The molecule has 0 saturated carbocycles. The molecule has 7 nitrogen and oxygen atoms in total. The summed E-state index contributed by atoms with van der Waals surface area (Å²) in [5.74, 6) is 0.364. The van der Waals surface area contributed by atoms with Crippen LogP contribution in [0.1, 0.15) is 28.9 Å². The molecule has 2 aromatic rings. The Bertz CT molecular complexity index is 721. The number of aromatic nitrogens is 3. The number of carbonyl (C=O) groups excluding carboxylic acids is 1. The summed E-state index contributed by atoms with van der Waals surface area (Å²) < 4.78 is 5.82. The minimum Gasteiger partial charge on any atom is -0.471 e. The molecule has 23 heavy (non-hydrogen) atoms. The maximum absolute atomic E-state index is 12.5. The molecule has 1 aliphatic heterocycles. The van der Waals surface area contributed by atoms with Gasteiger partial charge in [-0.3, -0.25) is 9.59 Å². The molecule has 0 radical (unpaired) electrons. The molecule has 120 valence electrons. The number of hydrogen-bond acceptors (Lipinski definition) is 5. The zero-order valence-corrected chi connectivity index (χ0v) is 12.9. The van der Waals surface area contributed by atoms with E-state index in [1.54, 1.807) is 11.0 Å². The topological polar surface area (TPSA) is 88.2 Å². The molecule has 1 amide bonds. The molecule has 0 spiro atoms. The minimum absolute atomic E-state index is 0.104. The van der Waals surface area contributed by atoms with Crippen molar-refractivity contribution in [3.8, 4) is 5.88 Å². The van der Waals surface area contributed by atoms with Crippen molar-refractivity contribution in [2.75, 3.05) is 13.1 Å². The lowest BCUT2D eigenvalue weighted by Gasteiger charge is -2.32. The number of carbonyl (C=O) groups is 1. The van der Waals surface area contributed by atoms with E-state index in [4.69, 9.17) is 4.74 Å². The Hall–Kier alpha value is -2.70. The fourth-order valence-electron chi connectivity index (χ4n) is 2.57. The Balaban J connectivity index is 1.65. The molecular weight excluding hydrogens is 296 g/mol. The average molecular weight is 314 g/mol. The highest BCUT2D eigenvalue weighted by Crippen LogP contribution is 2.18. The van der Waals surface area contributed by atoms with Gasteiger partial charge in [0, 0.05) is 24.9 Å². The van der Waals surface area contributed by atoms with Crippen molar-refractivity contribution in [1.29, 1.82) is 0 Å². The predicted molar refractivity (Wildman–Crippen MR) is 83.4 cm³/mol. The smallest absolute Gasteiger partial charge is 0.255 e. The standard InChI is InChI=1S/C16H18N4O3/c1-11-4-7-15(19-18-11)23-13-3-2-8-20(10-13)16(22)12-5-6-14(21)17-9-12/h4-7,9,13H,2-3,8,10H2,1H3,(H,17,21)/t13-/m0/s1. The number of pyridine rings is 1. The second kappa shape index (κ2) is 6.60. The third-order valence-corrected chi connectivity index (χ3v) is 3.76. The number of nitrogens with zero attached hydrogens (tertiary/aromatic N) is 3. The van der Waals surface area contributed by atoms with Crippen LogP contribution in [0, 0.1) is 6.92 Å². The molecule has 1 aliphatic rings. The van der Waals surface area contributed by atoms with E-state index in [0.717, 1.165) is 18.5 Å². The van der Waals surface area contributed by atoms with Gasteiger partial charge < -0.3 is 14.6 Å². The highest BCUT2D eigenvalue weighted by atomic mass is 16.5. The molecule has 0 aliphatic carbocycles. The van der Waals surface area contributed by atoms with Crippen molar-refractivity contribution in [2.24, 2.45) is 0 Å². The largest absolute Gasteiger partial charge is 0.471 e. The van der Waals surface area contributed by atoms with Crippen LogP contribution in [0.3, 0.4) is 0 Å². The SMILES string of the molecule is Cc1ccc(O[C@H]2CCCN(C(=O)c3ccc(=O)[nH]c3)C2)nn1. The highest BCUT2D eigenvalue weighted by molar-refractivity contribution is 5.93. The van der Waals surface area contributed by atoms with E-state index < -0.39 is 0 Å². The Morgan fingerprint density at radius 2 is 2.17 bits per heavy atom. The first-order valence-corrected chi connectivity index (χ1v) is 7.57. The molecule has 1 fully saturated rings. The molecule has 3 rings (SSSR count). The van der Waals surface area contributed by atoms with E-state index in [1.807, 2.05) is 13.0 Å². The van der Waals surface area contributed by atoms with Gasteiger partial charge in [0.1, 0.15) is 6.10 Å². The normalized spacial score (nSPS) is 17.8. The van der Waals surface area contributed by atoms with Gasteiger partial charge in [0.25, 0.3) is 5.91 Å². The zero-order chi connectivity index (χ0) is 16.2. The summed E-state index contributed by atoms with van der Waals surface area (Å²) in [6, 6.07) is 6.52. The van der Waals surface area contributed by atoms with Crippen LogP contribution in [-0.2, 0) is 0 Å². The van der Waals surface area contributed by atoms with Gasteiger partial charge in [-0.1, -0.05) is 0 Å². The van der Waals surface area contributed by atoms with Gasteiger partial charge in [-0.2, -0.15) is 5.10 Å².